The maximum Gasteiger partial charge on any atom is 0.326 e. The molecule has 0 aliphatic carbocycles. The first-order valence-electron chi connectivity index (χ1n) is 6.02. The van der Waals surface area contributed by atoms with Gasteiger partial charge in [0.15, 0.2) is 0 Å². The van der Waals surface area contributed by atoms with Gasteiger partial charge in [-0.05, 0) is 20.8 Å². The van der Waals surface area contributed by atoms with E-state index in [1.165, 1.54) is 0 Å². The molecule has 0 fully saturated rings. The van der Waals surface area contributed by atoms with Crippen molar-refractivity contribution >= 4 is 17.8 Å². The smallest absolute Gasteiger partial charge is 0.326 e. The zero-order valence-electron chi connectivity index (χ0n) is 11.7. The van der Waals surface area contributed by atoms with E-state index < -0.39 is 41.8 Å². The number of carbonyl (C=O) groups is 3. The third kappa shape index (κ3) is 7.40. The highest BCUT2D eigenvalue weighted by molar-refractivity contribution is 5.88. The van der Waals surface area contributed by atoms with Crippen LogP contribution in [-0.4, -0.2) is 41.1 Å². The highest BCUT2D eigenvalue weighted by Gasteiger charge is 2.27. The minimum atomic E-state index is -1.31. The number of nitrogens with one attached hydrogen (secondary N) is 1. The van der Waals surface area contributed by atoms with E-state index in [-0.39, 0.29) is 6.54 Å². The monoisotopic (exact) mass is 274 g/mol. The summed E-state index contributed by atoms with van der Waals surface area (Å²) in [6.07, 6.45) is -0.421. The number of aliphatic carboxylic acids is 1. The summed E-state index contributed by atoms with van der Waals surface area (Å²) in [4.78, 5) is 34.1. The largest absolute Gasteiger partial charge is 0.480 e. The first-order chi connectivity index (χ1) is 8.56. The standard InChI is InChI=1S/C12H22N2O5/c1-7(6-13)10(16)14-8(11(17)18)5-9(15)19-12(2,3)4/h7-8H,5-6,13H2,1-4H3,(H,14,16)(H,17,18)/t7?,8-/m0/s1. The number of amides is 1. The Labute approximate surface area is 112 Å². The molecule has 0 aromatic rings. The number of carboxylic acids is 1. The summed E-state index contributed by atoms with van der Waals surface area (Å²) in [5.41, 5.74) is 4.61. The Hall–Kier alpha value is -1.63. The van der Waals surface area contributed by atoms with Crippen molar-refractivity contribution in [1.29, 1.82) is 0 Å². The summed E-state index contributed by atoms with van der Waals surface area (Å²) in [5, 5.41) is 11.2. The van der Waals surface area contributed by atoms with Crippen molar-refractivity contribution in [2.45, 2.75) is 45.8 Å². The summed E-state index contributed by atoms with van der Waals surface area (Å²) >= 11 is 0. The van der Waals surface area contributed by atoms with E-state index in [9.17, 15) is 14.4 Å². The summed E-state index contributed by atoms with van der Waals surface area (Å²) in [7, 11) is 0. The van der Waals surface area contributed by atoms with Crippen molar-refractivity contribution in [2.75, 3.05) is 6.54 Å². The van der Waals surface area contributed by atoms with E-state index in [1.807, 2.05) is 0 Å². The Morgan fingerprint density at radius 3 is 2.21 bits per heavy atom. The van der Waals surface area contributed by atoms with Crippen LogP contribution in [0.4, 0.5) is 0 Å². The first-order valence-corrected chi connectivity index (χ1v) is 6.02. The van der Waals surface area contributed by atoms with E-state index >= 15 is 0 Å². The van der Waals surface area contributed by atoms with Gasteiger partial charge in [0.25, 0.3) is 0 Å². The van der Waals surface area contributed by atoms with Gasteiger partial charge >= 0.3 is 11.9 Å². The molecule has 0 rings (SSSR count). The minimum absolute atomic E-state index is 0.102. The van der Waals surface area contributed by atoms with E-state index in [4.69, 9.17) is 15.6 Å². The van der Waals surface area contributed by atoms with Crippen LogP contribution in [0.2, 0.25) is 0 Å². The summed E-state index contributed by atoms with van der Waals surface area (Å²) in [5.74, 6) is -2.98. The predicted molar refractivity (Wildman–Crippen MR) is 68.2 cm³/mol. The summed E-state index contributed by atoms with van der Waals surface area (Å²) in [6.45, 7) is 6.70. The topological polar surface area (TPSA) is 119 Å². The van der Waals surface area contributed by atoms with Gasteiger partial charge in [-0.1, -0.05) is 6.92 Å². The van der Waals surface area contributed by atoms with Crippen molar-refractivity contribution in [3.63, 3.8) is 0 Å². The van der Waals surface area contributed by atoms with Crippen molar-refractivity contribution < 1.29 is 24.2 Å². The van der Waals surface area contributed by atoms with Crippen LogP contribution in [0, 0.1) is 5.92 Å². The molecule has 0 aliphatic rings. The van der Waals surface area contributed by atoms with Gasteiger partial charge in [-0.15, -0.1) is 0 Å². The van der Waals surface area contributed by atoms with Gasteiger partial charge in [-0.3, -0.25) is 9.59 Å². The van der Waals surface area contributed by atoms with Gasteiger partial charge in [0.2, 0.25) is 5.91 Å². The Bertz CT molecular complexity index is 349. The Balaban J connectivity index is 4.55. The molecule has 1 unspecified atom stereocenters. The third-order valence-corrected chi connectivity index (χ3v) is 2.21. The van der Waals surface area contributed by atoms with Gasteiger partial charge in [-0.2, -0.15) is 0 Å². The molecule has 19 heavy (non-hydrogen) atoms. The second kappa shape index (κ2) is 7.08. The van der Waals surface area contributed by atoms with Gasteiger partial charge < -0.3 is 20.9 Å². The second-order valence-corrected chi connectivity index (χ2v) is 5.33. The fourth-order valence-corrected chi connectivity index (χ4v) is 1.17. The Kier molecular flexibility index (Phi) is 6.47. The third-order valence-electron chi connectivity index (χ3n) is 2.21. The van der Waals surface area contributed by atoms with Crippen molar-refractivity contribution in [1.82, 2.24) is 5.32 Å². The van der Waals surface area contributed by atoms with Gasteiger partial charge in [0, 0.05) is 12.5 Å². The lowest BCUT2D eigenvalue weighted by Crippen LogP contribution is -2.46. The lowest BCUT2D eigenvalue weighted by atomic mass is 10.1. The number of nitrogens with two attached hydrogens (primary N) is 1. The molecule has 0 saturated heterocycles. The maximum atomic E-state index is 11.5. The number of carboxylic acid groups (broad SMARTS) is 1. The van der Waals surface area contributed by atoms with Crippen LogP contribution in [-0.2, 0) is 19.1 Å². The van der Waals surface area contributed by atoms with E-state index in [2.05, 4.69) is 5.32 Å². The lowest BCUT2D eigenvalue weighted by Gasteiger charge is -2.22. The lowest BCUT2D eigenvalue weighted by molar-refractivity contribution is -0.158. The molecule has 7 nitrogen and oxygen atoms in total. The van der Waals surface area contributed by atoms with Gasteiger partial charge in [-0.25, -0.2) is 4.79 Å². The number of rotatable bonds is 6. The summed E-state index contributed by atoms with van der Waals surface area (Å²) < 4.78 is 5.01. The molecular weight excluding hydrogens is 252 g/mol. The number of ether oxygens (including phenoxy) is 1. The number of esters is 1. The number of hydrogen-bond acceptors (Lipinski definition) is 5. The van der Waals surface area contributed by atoms with Gasteiger partial charge in [0.1, 0.15) is 11.6 Å². The highest BCUT2D eigenvalue weighted by Crippen LogP contribution is 2.09. The average Bonchev–Trinajstić information content (AvgIpc) is 2.24. The highest BCUT2D eigenvalue weighted by atomic mass is 16.6. The molecule has 0 heterocycles. The average molecular weight is 274 g/mol. The molecule has 7 heteroatoms. The van der Waals surface area contributed by atoms with E-state index in [0.717, 1.165) is 0 Å². The molecule has 1 amide bonds. The molecule has 0 spiro atoms. The quantitative estimate of drug-likeness (QED) is 0.581. The van der Waals surface area contributed by atoms with Crippen LogP contribution >= 0.6 is 0 Å². The van der Waals surface area contributed by atoms with Crippen molar-refractivity contribution in [3.05, 3.63) is 0 Å². The van der Waals surface area contributed by atoms with Crippen LogP contribution < -0.4 is 11.1 Å². The fraction of sp³-hybridized carbons (Fsp3) is 0.750. The molecule has 0 aromatic carbocycles. The molecule has 0 aromatic heterocycles. The zero-order valence-corrected chi connectivity index (χ0v) is 11.7. The molecule has 0 saturated carbocycles. The molecular formula is C12H22N2O5. The molecule has 2 atom stereocenters. The molecule has 110 valence electrons. The predicted octanol–water partition coefficient (Wildman–Crippen LogP) is -0.118. The molecule has 0 radical (unpaired) electrons. The number of carbonyl (C=O) groups excluding carboxylic acids is 2. The second-order valence-electron chi connectivity index (χ2n) is 5.33. The van der Waals surface area contributed by atoms with E-state index in [0.29, 0.717) is 0 Å². The molecule has 0 bridgehead atoms. The van der Waals surface area contributed by atoms with Crippen LogP contribution in [0.5, 0.6) is 0 Å². The van der Waals surface area contributed by atoms with Gasteiger partial charge in [0.05, 0.1) is 6.42 Å². The van der Waals surface area contributed by atoms with Crippen molar-refractivity contribution in [3.8, 4) is 0 Å². The Morgan fingerprint density at radius 2 is 1.84 bits per heavy atom. The Morgan fingerprint density at radius 1 is 1.32 bits per heavy atom. The van der Waals surface area contributed by atoms with Crippen LogP contribution in [0.25, 0.3) is 0 Å². The minimum Gasteiger partial charge on any atom is -0.480 e. The van der Waals surface area contributed by atoms with E-state index in [1.54, 1.807) is 27.7 Å². The zero-order chi connectivity index (χ0) is 15.2. The normalized spacial score (nSPS) is 14.4. The fourth-order valence-electron chi connectivity index (χ4n) is 1.17. The summed E-state index contributed by atoms with van der Waals surface area (Å²) in [6, 6.07) is -1.31. The molecule has 0 aliphatic heterocycles. The van der Waals surface area contributed by atoms with Crippen LogP contribution in [0.1, 0.15) is 34.1 Å². The maximum absolute atomic E-state index is 11.5. The van der Waals surface area contributed by atoms with Crippen molar-refractivity contribution in [2.24, 2.45) is 11.7 Å². The SMILES string of the molecule is CC(CN)C(=O)N[C@@H](CC(=O)OC(C)(C)C)C(=O)O. The molecule has 4 N–H and O–H groups in total. The number of hydrogen-bond donors (Lipinski definition) is 3. The first kappa shape index (κ1) is 17.4. The van der Waals surface area contributed by atoms with Crippen LogP contribution in [0.3, 0.4) is 0 Å². The van der Waals surface area contributed by atoms with Crippen LogP contribution in [0.15, 0.2) is 0 Å².